The summed E-state index contributed by atoms with van der Waals surface area (Å²) in [5.41, 5.74) is -0.354. The summed E-state index contributed by atoms with van der Waals surface area (Å²) < 4.78 is 4.41. The van der Waals surface area contributed by atoms with Gasteiger partial charge in [-0.05, 0) is 0 Å². The molecule has 74 valence electrons. The van der Waals surface area contributed by atoms with Gasteiger partial charge < -0.3 is 25.2 Å². The lowest BCUT2D eigenvalue weighted by atomic mass is 10.1. The molecule has 0 aromatic heterocycles. The average molecular weight is 198 g/mol. The van der Waals surface area contributed by atoms with Crippen LogP contribution in [0, 0.1) is 0 Å². The smallest absolute Gasteiger partial charge is 0.391 e. The maximum absolute atomic E-state index is 11.2. The zero-order valence-corrected chi connectivity index (χ0v) is 6.76. The van der Waals surface area contributed by atoms with Gasteiger partial charge in [0.25, 0.3) is 5.78 Å². The highest BCUT2D eigenvalue weighted by molar-refractivity contribution is 6.07. The van der Waals surface area contributed by atoms with Crippen molar-refractivity contribution in [1.29, 1.82) is 0 Å². The molecule has 0 aliphatic carbocycles. The van der Waals surface area contributed by atoms with Gasteiger partial charge in [0, 0.05) is 12.1 Å². The van der Waals surface area contributed by atoms with E-state index in [1.807, 2.05) is 0 Å². The summed E-state index contributed by atoms with van der Waals surface area (Å²) >= 11 is 0. The van der Waals surface area contributed by atoms with Crippen LogP contribution in [-0.4, -0.2) is 32.2 Å². The van der Waals surface area contributed by atoms with Crippen molar-refractivity contribution in [3.63, 3.8) is 0 Å². The summed E-state index contributed by atoms with van der Waals surface area (Å²) in [6.07, 6.45) is 0. The van der Waals surface area contributed by atoms with Crippen molar-refractivity contribution < 1.29 is 30.0 Å². The second kappa shape index (κ2) is 2.37. The minimum atomic E-state index is -2.96. The van der Waals surface area contributed by atoms with Crippen LogP contribution in [-0.2, 0) is 0 Å². The molecule has 0 atom stereocenters. The molecule has 0 bridgehead atoms. The van der Waals surface area contributed by atoms with Crippen LogP contribution in [0.1, 0.15) is 10.4 Å². The first-order valence-corrected chi connectivity index (χ1v) is 3.66. The van der Waals surface area contributed by atoms with E-state index in [4.69, 9.17) is 15.3 Å². The van der Waals surface area contributed by atoms with Gasteiger partial charge in [0.15, 0.2) is 0 Å². The molecule has 1 aliphatic heterocycles. The first kappa shape index (κ1) is 8.79. The van der Waals surface area contributed by atoms with E-state index >= 15 is 0 Å². The van der Waals surface area contributed by atoms with Crippen LogP contribution in [0.3, 0.4) is 0 Å². The lowest BCUT2D eigenvalue weighted by molar-refractivity contribution is -0.241. The SMILES string of the molecule is O=C1c2c(O)cc(O)cc2OC1(O)O. The molecule has 0 radical (unpaired) electrons. The summed E-state index contributed by atoms with van der Waals surface area (Å²) in [6, 6.07) is 1.91. The highest BCUT2D eigenvalue weighted by Crippen LogP contribution is 2.40. The van der Waals surface area contributed by atoms with Crippen LogP contribution >= 0.6 is 0 Å². The van der Waals surface area contributed by atoms with Crippen molar-refractivity contribution in [2.24, 2.45) is 0 Å². The first-order valence-electron chi connectivity index (χ1n) is 3.66. The van der Waals surface area contributed by atoms with E-state index in [1.54, 1.807) is 0 Å². The lowest BCUT2D eigenvalue weighted by Gasteiger charge is -2.10. The largest absolute Gasteiger partial charge is 0.508 e. The summed E-state index contributed by atoms with van der Waals surface area (Å²) in [7, 11) is 0. The number of carbonyl (C=O) groups excluding carboxylic acids is 1. The third-order valence-electron chi connectivity index (χ3n) is 1.84. The van der Waals surface area contributed by atoms with Gasteiger partial charge in [0.1, 0.15) is 22.8 Å². The van der Waals surface area contributed by atoms with Crippen LogP contribution in [0.25, 0.3) is 0 Å². The van der Waals surface area contributed by atoms with Gasteiger partial charge in [-0.3, -0.25) is 4.79 Å². The Morgan fingerprint density at radius 2 is 1.86 bits per heavy atom. The zero-order chi connectivity index (χ0) is 10.5. The van der Waals surface area contributed by atoms with Crippen LogP contribution in [0.15, 0.2) is 12.1 Å². The molecule has 4 N–H and O–H groups in total. The van der Waals surface area contributed by atoms with Gasteiger partial charge in [-0.1, -0.05) is 0 Å². The van der Waals surface area contributed by atoms with Crippen LogP contribution in [0.4, 0.5) is 0 Å². The zero-order valence-electron chi connectivity index (χ0n) is 6.76. The maximum Gasteiger partial charge on any atom is 0.391 e. The first-order chi connectivity index (χ1) is 6.42. The molecule has 6 nitrogen and oxygen atoms in total. The number of Topliss-reactive ketones (excluding diaryl/α,β-unsaturated/α-hetero) is 1. The number of hydrogen-bond acceptors (Lipinski definition) is 6. The molecule has 0 unspecified atom stereocenters. The van der Waals surface area contributed by atoms with Crippen molar-refractivity contribution in [2.75, 3.05) is 0 Å². The van der Waals surface area contributed by atoms with Crippen molar-refractivity contribution in [3.8, 4) is 17.2 Å². The molecular formula is C8H6O6. The lowest BCUT2D eigenvalue weighted by Crippen LogP contribution is -2.39. The van der Waals surface area contributed by atoms with Crippen molar-refractivity contribution >= 4 is 5.78 Å². The summed E-state index contributed by atoms with van der Waals surface area (Å²) in [5, 5.41) is 36.2. The molecule has 14 heavy (non-hydrogen) atoms. The van der Waals surface area contributed by atoms with Crippen LogP contribution < -0.4 is 4.74 Å². The van der Waals surface area contributed by atoms with Crippen LogP contribution in [0.5, 0.6) is 17.2 Å². The van der Waals surface area contributed by atoms with E-state index in [9.17, 15) is 9.90 Å². The Kier molecular flexibility index (Phi) is 1.49. The predicted molar refractivity (Wildman–Crippen MR) is 41.9 cm³/mol. The topological polar surface area (TPSA) is 107 Å². The van der Waals surface area contributed by atoms with Crippen LogP contribution in [0.2, 0.25) is 0 Å². The number of benzene rings is 1. The number of aromatic hydroxyl groups is 2. The molecule has 0 amide bonds. The second-order valence-corrected chi connectivity index (χ2v) is 2.88. The predicted octanol–water partition coefficient (Wildman–Crippen LogP) is -0.689. The molecule has 0 fully saturated rings. The van der Waals surface area contributed by atoms with Gasteiger partial charge in [-0.2, -0.15) is 0 Å². The number of phenols is 2. The molecule has 6 heteroatoms. The summed E-state index contributed by atoms with van der Waals surface area (Å²) in [5.74, 6) is -5.29. The van der Waals surface area contributed by atoms with Gasteiger partial charge in [-0.25, -0.2) is 0 Å². The maximum atomic E-state index is 11.2. The molecular weight excluding hydrogens is 192 g/mol. The Labute approximate surface area is 77.6 Å². The fourth-order valence-corrected chi connectivity index (χ4v) is 1.26. The third-order valence-corrected chi connectivity index (χ3v) is 1.84. The normalized spacial score (nSPS) is 17.7. The Morgan fingerprint density at radius 3 is 2.50 bits per heavy atom. The van der Waals surface area contributed by atoms with Crippen molar-refractivity contribution in [1.82, 2.24) is 0 Å². The number of rotatable bonds is 0. The highest BCUT2D eigenvalue weighted by Gasteiger charge is 2.47. The minimum absolute atomic E-state index is 0.266. The van der Waals surface area contributed by atoms with Gasteiger partial charge >= 0.3 is 5.97 Å². The highest BCUT2D eigenvalue weighted by atomic mass is 16.8. The van der Waals surface area contributed by atoms with E-state index < -0.39 is 17.5 Å². The fraction of sp³-hybridized carbons (Fsp3) is 0.125. The number of fused-ring (bicyclic) bond motifs is 1. The molecule has 0 saturated heterocycles. The van der Waals surface area contributed by atoms with Crippen molar-refractivity contribution in [2.45, 2.75) is 5.97 Å². The molecule has 0 saturated carbocycles. The number of carbonyl (C=O) groups is 1. The Hall–Kier alpha value is -1.79. The summed E-state index contributed by atoms with van der Waals surface area (Å²) in [6.45, 7) is 0. The molecule has 1 aromatic carbocycles. The fourth-order valence-electron chi connectivity index (χ4n) is 1.26. The average Bonchev–Trinajstić information content (AvgIpc) is 2.21. The van der Waals surface area contributed by atoms with E-state index in [1.165, 1.54) is 0 Å². The van der Waals surface area contributed by atoms with E-state index in [0.717, 1.165) is 12.1 Å². The van der Waals surface area contributed by atoms with E-state index in [2.05, 4.69) is 4.74 Å². The van der Waals surface area contributed by atoms with Crippen molar-refractivity contribution in [3.05, 3.63) is 17.7 Å². The van der Waals surface area contributed by atoms with Gasteiger partial charge in [-0.15, -0.1) is 0 Å². The molecule has 1 aromatic rings. The quantitative estimate of drug-likeness (QED) is 0.411. The monoisotopic (exact) mass is 198 g/mol. The Bertz CT molecular complexity index is 422. The minimum Gasteiger partial charge on any atom is -0.508 e. The van der Waals surface area contributed by atoms with Gasteiger partial charge in [0.05, 0.1) is 0 Å². The number of aliphatic hydroxyl groups is 2. The number of phenolic OH excluding ortho intramolecular Hbond substituents is 2. The summed E-state index contributed by atoms with van der Waals surface area (Å²) in [4.78, 5) is 11.2. The number of hydrogen-bond donors (Lipinski definition) is 4. The standard InChI is InChI=1S/C8H6O6/c9-3-1-4(10)6-5(2-3)14-8(12,13)7(6)11/h1-2,9-10,12-13H. The Morgan fingerprint density at radius 1 is 1.21 bits per heavy atom. The number of ketones is 1. The van der Waals surface area contributed by atoms with Gasteiger partial charge in [0.2, 0.25) is 0 Å². The van der Waals surface area contributed by atoms with E-state index in [-0.39, 0.29) is 17.1 Å². The Balaban J connectivity index is 2.66. The van der Waals surface area contributed by atoms with E-state index in [0.29, 0.717) is 0 Å². The third kappa shape index (κ3) is 1.02. The molecule has 1 aliphatic rings. The number of ether oxygens (including phenoxy) is 1. The molecule has 1 heterocycles. The molecule has 2 rings (SSSR count). The molecule has 0 spiro atoms. The second-order valence-electron chi connectivity index (χ2n) is 2.88.